The number of benzene rings is 2. The van der Waals surface area contributed by atoms with Gasteiger partial charge >= 0.3 is 0 Å². The fourth-order valence-electron chi connectivity index (χ4n) is 4.16. The number of phenols is 2. The normalized spacial score (nSPS) is 19.7. The summed E-state index contributed by atoms with van der Waals surface area (Å²) in [6, 6.07) is 7.21. The van der Waals surface area contributed by atoms with Crippen molar-refractivity contribution >= 4 is 16.8 Å². The van der Waals surface area contributed by atoms with Crippen molar-refractivity contribution in [2.75, 3.05) is 7.11 Å². The summed E-state index contributed by atoms with van der Waals surface area (Å²) >= 11 is 0. The maximum absolute atomic E-state index is 12.8. The molecule has 5 rings (SSSR count). The first-order valence-corrected chi connectivity index (χ1v) is 9.13. The Morgan fingerprint density at radius 3 is 2.53 bits per heavy atom. The van der Waals surface area contributed by atoms with Crippen molar-refractivity contribution < 1.29 is 34.0 Å². The lowest BCUT2D eigenvalue weighted by molar-refractivity contribution is -0.122. The van der Waals surface area contributed by atoms with Crippen LogP contribution >= 0.6 is 0 Å². The van der Waals surface area contributed by atoms with Gasteiger partial charge < -0.3 is 29.2 Å². The maximum atomic E-state index is 12.8. The van der Waals surface area contributed by atoms with Crippen molar-refractivity contribution in [2.45, 2.75) is 18.9 Å². The topological polar surface area (TPSA) is 126 Å². The first-order chi connectivity index (χ1) is 14.3. The van der Waals surface area contributed by atoms with Crippen molar-refractivity contribution in [3.05, 3.63) is 57.5 Å². The summed E-state index contributed by atoms with van der Waals surface area (Å²) in [5.74, 6) is -1.40. The van der Waals surface area contributed by atoms with Crippen LogP contribution < -0.4 is 14.9 Å². The van der Waals surface area contributed by atoms with Crippen LogP contribution in [0.25, 0.3) is 22.3 Å². The SMILES string of the molecule is COc1ccc(-c2cc(=O)c3c(O)c4c(cc3o2)O[C@@H]2C(=O)C(O)=C(C)[C@H]42)cc1O. The Hall–Kier alpha value is -3.94. The van der Waals surface area contributed by atoms with Gasteiger partial charge in [0.25, 0.3) is 0 Å². The molecule has 0 radical (unpaired) electrons. The Labute approximate surface area is 169 Å². The zero-order chi connectivity index (χ0) is 21.3. The van der Waals surface area contributed by atoms with Crippen LogP contribution in [0.15, 0.2) is 50.9 Å². The van der Waals surface area contributed by atoms with E-state index in [0.717, 1.165) is 0 Å². The Balaban J connectivity index is 1.71. The smallest absolute Gasteiger partial charge is 0.238 e. The number of rotatable bonds is 2. The number of ketones is 1. The van der Waals surface area contributed by atoms with E-state index in [1.165, 1.54) is 31.4 Å². The number of ether oxygens (including phenoxy) is 2. The number of hydrogen-bond acceptors (Lipinski definition) is 8. The number of carbonyl (C=O) groups is 1. The van der Waals surface area contributed by atoms with E-state index in [-0.39, 0.29) is 51.1 Å². The number of phenolic OH excluding ortho intramolecular Hbond substituents is 2. The fourth-order valence-corrected chi connectivity index (χ4v) is 4.16. The minimum Gasteiger partial charge on any atom is -0.507 e. The number of aromatic hydroxyl groups is 2. The standard InChI is InChI=1S/C22H16O8/c1-8-16-18-15(30-22(16)21(27)19(8)25)7-14-17(20(18)26)11(24)6-13(29-14)9-3-4-12(28-2)10(23)5-9/h3-7,16,22-23,25-26H,1-2H3/t16-,22+/m1/s1. The number of carbonyl (C=O) groups excluding carboxylic acids is 1. The van der Waals surface area contributed by atoms with E-state index >= 15 is 0 Å². The highest BCUT2D eigenvalue weighted by atomic mass is 16.5. The molecule has 0 spiro atoms. The molecular weight excluding hydrogens is 392 g/mol. The van der Waals surface area contributed by atoms with Gasteiger partial charge in [0, 0.05) is 23.3 Å². The third-order valence-electron chi connectivity index (χ3n) is 5.66. The van der Waals surface area contributed by atoms with Gasteiger partial charge in [-0.1, -0.05) is 0 Å². The van der Waals surface area contributed by atoms with Crippen molar-refractivity contribution in [3.8, 4) is 34.3 Å². The molecule has 30 heavy (non-hydrogen) atoms. The van der Waals surface area contributed by atoms with Gasteiger partial charge in [0.05, 0.1) is 13.0 Å². The summed E-state index contributed by atoms with van der Waals surface area (Å²) < 4.78 is 16.5. The van der Waals surface area contributed by atoms with Crippen molar-refractivity contribution in [2.24, 2.45) is 0 Å². The van der Waals surface area contributed by atoms with Gasteiger partial charge in [0.15, 0.2) is 28.8 Å². The Morgan fingerprint density at radius 1 is 1.07 bits per heavy atom. The monoisotopic (exact) mass is 408 g/mol. The van der Waals surface area contributed by atoms with Gasteiger partial charge in [-0.25, -0.2) is 0 Å². The van der Waals surface area contributed by atoms with Crippen molar-refractivity contribution in [3.63, 3.8) is 0 Å². The molecule has 3 N–H and O–H groups in total. The molecule has 3 aromatic rings. The predicted octanol–water partition coefficient (Wildman–Crippen LogP) is 3.14. The van der Waals surface area contributed by atoms with Crippen LogP contribution in [-0.4, -0.2) is 34.3 Å². The third kappa shape index (κ3) is 2.27. The molecule has 0 bridgehead atoms. The summed E-state index contributed by atoms with van der Waals surface area (Å²) in [4.78, 5) is 25.1. The molecule has 2 aromatic carbocycles. The summed E-state index contributed by atoms with van der Waals surface area (Å²) in [6.45, 7) is 1.59. The molecule has 1 aliphatic heterocycles. The van der Waals surface area contributed by atoms with Crippen LogP contribution in [0.2, 0.25) is 0 Å². The first kappa shape index (κ1) is 18.1. The lowest BCUT2D eigenvalue weighted by Crippen LogP contribution is -2.24. The fraction of sp³-hybridized carbons (Fsp3) is 0.182. The van der Waals surface area contributed by atoms with Gasteiger partial charge in [-0.15, -0.1) is 0 Å². The molecule has 2 atom stereocenters. The highest BCUT2D eigenvalue weighted by molar-refractivity contribution is 6.04. The molecule has 0 amide bonds. The molecule has 8 heteroatoms. The number of aliphatic hydroxyl groups excluding tert-OH is 1. The van der Waals surface area contributed by atoms with Crippen LogP contribution in [0.1, 0.15) is 18.4 Å². The molecular formula is C22H16O8. The summed E-state index contributed by atoms with van der Waals surface area (Å²) in [6.07, 6.45) is -0.976. The quantitative estimate of drug-likeness (QED) is 0.590. The average molecular weight is 408 g/mol. The predicted molar refractivity (Wildman–Crippen MR) is 105 cm³/mol. The number of aliphatic hydroxyl groups is 1. The lowest BCUT2D eigenvalue weighted by atomic mass is 9.91. The third-order valence-corrected chi connectivity index (χ3v) is 5.66. The van der Waals surface area contributed by atoms with Gasteiger partial charge in [-0.2, -0.15) is 0 Å². The van der Waals surface area contributed by atoms with Crippen LogP contribution in [0.4, 0.5) is 0 Å². The number of fused-ring (bicyclic) bond motifs is 4. The number of hydrogen-bond donors (Lipinski definition) is 3. The first-order valence-electron chi connectivity index (χ1n) is 9.13. The van der Waals surface area contributed by atoms with E-state index in [0.29, 0.717) is 11.1 Å². The minimum atomic E-state index is -0.976. The number of methoxy groups -OCH3 is 1. The highest BCUT2D eigenvalue weighted by Crippen LogP contribution is 2.53. The second kappa shape index (κ2) is 6.03. The molecule has 0 saturated heterocycles. The van der Waals surface area contributed by atoms with Crippen LogP contribution in [0.3, 0.4) is 0 Å². The molecule has 0 fully saturated rings. The van der Waals surface area contributed by atoms with E-state index in [9.17, 15) is 24.9 Å². The van der Waals surface area contributed by atoms with Crippen LogP contribution in [-0.2, 0) is 4.79 Å². The van der Waals surface area contributed by atoms with E-state index in [4.69, 9.17) is 13.9 Å². The van der Waals surface area contributed by atoms with E-state index in [2.05, 4.69) is 0 Å². The second-order valence-corrected chi connectivity index (χ2v) is 7.28. The minimum absolute atomic E-state index is 0.0499. The molecule has 1 aromatic heterocycles. The summed E-state index contributed by atoms with van der Waals surface area (Å²) in [5.41, 5.74) is 0.671. The van der Waals surface area contributed by atoms with E-state index in [1.54, 1.807) is 13.0 Å². The van der Waals surface area contributed by atoms with E-state index in [1.807, 2.05) is 0 Å². The molecule has 0 unspecified atom stereocenters. The van der Waals surface area contributed by atoms with Gasteiger partial charge in [-0.05, 0) is 30.7 Å². The van der Waals surface area contributed by atoms with Gasteiger partial charge in [-0.3, -0.25) is 9.59 Å². The van der Waals surface area contributed by atoms with E-state index < -0.39 is 23.2 Å². The highest BCUT2D eigenvalue weighted by Gasteiger charge is 2.50. The Bertz CT molecular complexity index is 1350. The lowest BCUT2D eigenvalue weighted by Gasteiger charge is -2.11. The Kier molecular flexibility index (Phi) is 3.64. The summed E-state index contributed by atoms with van der Waals surface area (Å²) in [5, 5.41) is 30.7. The summed E-state index contributed by atoms with van der Waals surface area (Å²) in [7, 11) is 1.42. The number of Topliss-reactive ketones (excluding diaryl/α,β-unsaturated/α-hetero) is 1. The Morgan fingerprint density at radius 2 is 1.83 bits per heavy atom. The van der Waals surface area contributed by atoms with Crippen molar-refractivity contribution in [1.82, 2.24) is 0 Å². The van der Waals surface area contributed by atoms with Crippen LogP contribution in [0.5, 0.6) is 23.0 Å². The maximum Gasteiger partial charge on any atom is 0.238 e. The zero-order valence-electron chi connectivity index (χ0n) is 15.9. The van der Waals surface area contributed by atoms with Gasteiger partial charge in [0.1, 0.15) is 28.2 Å². The molecule has 8 nitrogen and oxygen atoms in total. The molecule has 0 saturated carbocycles. The molecule has 1 aliphatic carbocycles. The average Bonchev–Trinajstić information content (AvgIpc) is 3.19. The largest absolute Gasteiger partial charge is 0.507 e. The van der Waals surface area contributed by atoms with Gasteiger partial charge in [0.2, 0.25) is 5.78 Å². The van der Waals surface area contributed by atoms with Crippen LogP contribution in [0, 0.1) is 0 Å². The molecule has 2 heterocycles. The molecule has 2 aliphatic rings. The second-order valence-electron chi connectivity index (χ2n) is 7.28. The molecule has 152 valence electrons. The zero-order valence-corrected chi connectivity index (χ0v) is 15.9. The van der Waals surface area contributed by atoms with Crippen molar-refractivity contribution in [1.29, 1.82) is 0 Å².